The molecule has 0 atom stereocenters. The number of amides is 2. The average Bonchev–Trinajstić information content (AvgIpc) is 2.86. The summed E-state index contributed by atoms with van der Waals surface area (Å²) in [6, 6.07) is 0.950. The molecule has 3 N–H and O–H groups in total. The molecular weight excluding hydrogens is 280 g/mol. The van der Waals surface area contributed by atoms with Gasteiger partial charge in [-0.25, -0.2) is 9.59 Å². The van der Waals surface area contributed by atoms with Crippen LogP contribution in [0.15, 0.2) is 23.8 Å². The predicted octanol–water partition coefficient (Wildman–Crippen LogP) is 1.87. The van der Waals surface area contributed by atoms with Crippen LogP contribution in [-0.2, 0) is 6.54 Å². The molecule has 104 valence electrons. The molecule has 2 rings (SSSR count). The minimum Gasteiger partial charge on any atom is -0.478 e. The van der Waals surface area contributed by atoms with Crippen LogP contribution in [0.1, 0.15) is 21.7 Å². The van der Waals surface area contributed by atoms with Gasteiger partial charge in [-0.05, 0) is 18.4 Å². The van der Waals surface area contributed by atoms with Crippen LogP contribution in [0, 0.1) is 6.92 Å². The maximum Gasteiger partial charge on any atom is 0.338 e. The van der Waals surface area contributed by atoms with Gasteiger partial charge in [-0.2, -0.15) is 0 Å². The van der Waals surface area contributed by atoms with Crippen molar-refractivity contribution in [3.63, 3.8) is 0 Å². The van der Waals surface area contributed by atoms with Crippen molar-refractivity contribution in [3.05, 3.63) is 40.8 Å². The molecule has 20 heavy (non-hydrogen) atoms. The Morgan fingerprint density at radius 3 is 2.80 bits per heavy atom. The van der Waals surface area contributed by atoms with Crippen LogP contribution < -0.4 is 10.6 Å². The molecule has 0 bridgehead atoms. The Labute approximate surface area is 118 Å². The quantitative estimate of drug-likeness (QED) is 0.798. The number of urea groups is 1. The van der Waals surface area contributed by atoms with Gasteiger partial charge in [0.25, 0.3) is 0 Å². The number of nitrogens with one attached hydrogen (secondary N) is 2. The van der Waals surface area contributed by atoms with Crippen LogP contribution in [0.2, 0.25) is 0 Å². The van der Waals surface area contributed by atoms with Gasteiger partial charge in [0.1, 0.15) is 5.00 Å². The van der Waals surface area contributed by atoms with Crippen molar-refractivity contribution in [1.82, 2.24) is 15.3 Å². The lowest BCUT2D eigenvalue weighted by Crippen LogP contribution is -2.28. The number of aromatic carboxylic acids is 1. The van der Waals surface area contributed by atoms with Crippen molar-refractivity contribution in [1.29, 1.82) is 0 Å². The third kappa shape index (κ3) is 3.51. The van der Waals surface area contributed by atoms with Crippen molar-refractivity contribution >= 4 is 28.3 Å². The van der Waals surface area contributed by atoms with Gasteiger partial charge >= 0.3 is 12.0 Å². The lowest BCUT2D eigenvalue weighted by molar-refractivity contribution is 0.0698. The van der Waals surface area contributed by atoms with Gasteiger partial charge in [-0.1, -0.05) is 0 Å². The Balaban J connectivity index is 1.91. The van der Waals surface area contributed by atoms with Crippen LogP contribution in [-0.4, -0.2) is 27.1 Å². The molecule has 2 aromatic heterocycles. The number of aromatic nitrogens is 2. The molecule has 2 aromatic rings. The summed E-state index contributed by atoms with van der Waals surface area (Å²) in [6.45, 7) is 2.04. The summed E-state index contributed by atoms with van der Waals surface area (Å²) in [5, 5.41) is 15.9. The van der Waals surface area contributed by atoms with E-state index < -0.39 is 12.0 Å². The Hall–Kier alpha value is -2.48. The first-order chi connectivity index (χ1) is 9.56. The molecule has 0 fully saturated rings. The van der Waals surface area contributed by atoms with Gasteiger partial charge in [0.15, 0.2) is 0 Å². The first-order valence-corrected chi connectivity index (χ1v) is 6.57. The Morgan fingerprint density at radius 1 is 1.35 bits per heavy atom. The van der Waals surface area contributed by atoms with Gasteiger partial charge in [0.2, 0.25) is 0 Å². The smallest absolute Gasteiger partial charge is 0.338 e. The summed E-state index contributed by atoms with van der Waals surface area (Å²) in [5.74, 6) is -1.08. The van der Waals surface area contributed by atoms with Gasteiger partial charge in [0, 0.05) is 6.20 Å². The fourth-order valence-corrected chi connectivity index (χ4v) is 2.18. The molecule has 7 nitrogen and oxygen atoms in total. The third-order valence-electron chi connectivity index (χ3n) is 2.39. The number of hydrogen-bond donors (Lipinski definition) is 3. The number of carboxylic acid groups (broad SMARTS) is 1. The summed E-state index contributed by atoms with van der Waals surface area (Å²) in [4.78, 5) is 30.7. The number of aryl methyl sites for hydroxylation is 1. The number of carbonyl (C=O) groups excluding carboxylic acids is 1. The molecule has 0 saturated carbocycles. The molecule has 0 radical (unpaired) electrons. The Bertz CT molecular complexity index is 624. The molecule has 2 amide bonds. The van der Waals surface area contributed by atoms with Gasteiger partial charge < -0.3 is 10.4 Å². The maximum absolute atomic E-state index is 11.7. The van der Waals surface area contributed by atoms with Crippen LogP contribution in [0.4, 0.5) is 9.80 Å². The number of anilines is 1. The van der Waals surface area contributed by atoms with Crippen molar-refractivity contribution in [3.8, 4) is 0 Å². The zero-order valence-electron chi connectivity index (χ0n) is 10.6. The lowest BCUT2D eigenvalue weighted by atomic mass is 10.3. The van der Waals surface area contributed by atoms with E-state index in [1.54, 1.807) is 17.8 Å². The normalized spacial score (nSPS) is 10.1. The zero-order valence-corrected chi connectivity index (χ0v) is 11.4. The van der Waals surface area contributed by atoms with Crippen LogP contribution in [0.3, 0.4) is 0 Å². The fraction of sp³-hybridized carbons (Fsp3) is 0.167. The molecule has 0 aromatic carbocycles. The Kier molecular flexibility index (Phi) is 4.26. The molecule has 8 heteroatoms. The number of carboxylic acids is 1. The summed E-state index contributed by atoms with van der Waals surface area (Å²) in [5.41, 5.74) is 1.48. The maximum atomic E-state index is 11.7. The largest absolute Gasteiger partial charge is 0.478 e. The number of carbonyl (C=O) groups is 2. The van der Waals surface area contributed by atoms with E-state index in [1.807, 2.05) is 6.92 Å². The van der Waals surface area contributed by atoms with Gasteiger partial charge in [0.05, 0.1) is 29.7 Å². The van der Waals surface area contributed by atoms with Crippen molar-refractivity contribution in [2.75, 3.05) is 5.32 Å². The van der Waals surface area contributed by atoms with Crippen LogP contribution >= 0.6 is 11.3 Å². The number of rotatable bonds is 4. The first-order valence-electron chi connectivity index (χ1n) is 5.69. The van der Waals surface area contributed by atoms with Gasteiger partial charge in [-0.3, -0.25) is 15.3 Å². The van der Waals surface area contributed by atoms with E-state index in [-0.39, 0.29) is 12.1 Å². The minimum absolute atomic E-state index is 0.0697. The summed E-state index contributed by atoms with van der Waals surface area (Å²) in [6.07, 6.45) is 3.18. The van der Waals surface area contributed by atoms with E-state index in [0.717, 1.165) is 17.0 Å². The van der Waals surface area contributed by atoms with Gasteiger partial charge in [-0.15, -0.1) is 11.3 Å². The second-order valence-electron chi connectivity index (χ2n) is 3.93. The minimum atomic E-state index is -1.08. The Morgan fingerprint density at radius 2 is 2.15 bits per heavy atom. The summed E-state index contributed by atoms with van der Waals surface area (Å²) >= 11 is 1.15. The monoisotopic (exact) mass is 292 g/mol. The second kappa shape index (κ2) is 6.11. The standard InChI is InChI=1S/C12H12N4O3S/c1-7-4-14-8(5-13-7)6-15-12(19)16-10-9(11(17)18)2-3-20-10/h2-5H,6H2,1H3,(H,17,18)(H2,15,16,19). The van der Waals surface area contributed by atoms with E-state index in [2.05, 4.69) is 20.6 Å². The highest BCUT2D eigenvalue weighted by Crippen LogP contribution is 2.22. The topological polar surface area (TPSA) is 104 Å². The van der Waals surface area contributed by atoms with Crippen molar-refractivity contribution in [2.45, 2.75) is 13.5 Å². The highest BCUT2D eigenvalue weighted by atomic mass is 32.1. The molecule has 2 heterocycles. The molecule has 0 aliphatic carbocycles. The highest BCUT2D eigenvalue weighted by Gasteiger charge is 2.13. The van der Waals surface area contributed by atoms with E-state index in [9.17, 15) is 9.59 Å². The number of nitrogens with zero attached hydrogens (tertiary/aromatic N) is 2. The van der Waals surface area contributed by atoms with Crippen LogP contribution in [0.5, 0.6) is 0 Å². The average molecular weight is 292 g/mol. The molecule has 0 saturated heterocycles. The summed E-state index contributed by atoms with van der Waals surface area (Å²) in [7, 11) is 0. The SMILES string of the molecule is Cc1cnc(CNC(=O)Nc2sccc2C(=O)O)cn1. The van der Waals surface area contributed by atoms with Crippen LogP contribution in [0.25, 0.3) is 0 Å². The summed E-state index contributed by atoms with van der Waals surface area (Å²) < 4.78 is 0. The van der Waals surface area contributed by atoms with E-state index in [1.165, 1.54) is 6.07 Å². The highest BCUT2D eigenvalue weighted by molar-refractivity contribution is 7.14. The number of thiophene rings is 1. The first kappa shape index (κ1) is 13.9. The second-order valence-corrected chi connectivity index (χ2v) is 4.84. The van der Waals surface area contributed by atoms with Crippen molar-refractivity contribution in [2.24, 2.45) is 0 Å². The third-order valence-corrected chi connectivity index (χ3v) is 3.22. The lowest BCUT2D eigenvalue weighted by Gasteiger charge is -2.06. The molecule has 0 aliphatic rings. The zero-order chi connectivity index (χ0) is 14.5. The van der Waals surface area contributed by atoms with Crippen molar-refractivity contribution < 1.29 is 14.7 Å². The van der Waals surface area contributed by atoms with E-state index >= 15 is 0 Å². The molecule has 0 unspecified atom stereocenters. The molecular formula is C12H12N4O3S. The van der Waals surface area contributed by atoms with E-state index in [0.29, 0.717) is 10.7 Å². The molecule has 0 aliphatic heterocycles. The number of hydrogen-bond acceptors (Lipinski definition) is 5. The molecule has 0 spiro atoms. The van der Waals surface area contributed by atoms with E-state index in [4.69, 9.17) is 5.11 Å². The fourth-order valence-electron chi connectivity index (χ4n) is 1.40. The predicted molar refractivity (Wildman–Crippen MR) is 73.9 cm³/mol.